The number of carbonyl (C=O) groups is 1. The van der Waals surface area contributed by atoms with Gasteiger partial charge in [-0.2, -0.15) is 9.78 Å². The number of nitrogens with zero attached hydrogens (tertiary/aromatic N) is 3. The Kier molecular flexibility index (Phi) is 6.28. The Bertz CT molecular complexity index is 1370. The number of para-hydroxylation sites is 1. The third-order valence-corrected chi connectivity index (χ3v) is 4.93. The Labute approximate surface area is 188 Å². The van der Waals surface area contributed by atoms with Gasteiger partial charge in [0.15, 0.2) is 12.4 Å². The van der Waals surface area contributed by atoms with E-state index < -0.39 is 5.97 Å². The molecule has 7 nitrogen and oxygen atoms in total. The largest absolute Gasteiger partial charge is 0.480 e. The molecule has 0 aliphatic carbocycles. The molecule has 0 unspecified atom stereocenters. The summed E-state index contributed by atoms with van der Waals surface area (Å²) in [7, 11) is 1.28. The maximum absolute atomic E-state index is 13.2. The number of esters is 1. The van der Waals surface area contributed by atoms with E-state index in [0.29, 0.717) is 33.1 Å². The predicted octanol–water partition coefficient (Wildman–Crippen LogP) is 4.15. The zero-order valence-corrected chi connectivity index (χ0v) is 17.8. The van der Waals surface area contributed by atoms with Crippen LogP contribution in [0, 0.1) is 0 Å². The van der Waals surface area contributed by atoms with Gasteiger partial charge in [-0.05, 0) is 35.9 Å². The van der Waals surface area contributed by atoms with Crippen molar-refractivity contribution >= 4 is 34.7 Å². The minimum absolute atomic E-state index is 0.248. The first-order chi connectivity index (χ1) is 15.6. The Morgan fingerprint density at radius 1 is 1.09 bits per heavy atom. The van der Waals surface area contributed by atoms with Gasteiger partial charge in [0.1, 0.15) is 5.75 Å². The van der Waals surface area contributed by atoms with Crippen molar-refractivity contribution < 1.29 is 14.3 Å². The van der Waals surface area contributed by atoms with Crippen LogP contribution in [-0.2, 0) is 9.53 Å². The second-order valence-corrected chi connectivity index (χ2v) is 7.14. The number of carbonyl (C=O) groups excluding carboxylic acids is 1. The minimum Gasteiger partial charge on any atom is -0.480 e. The van der Waals surface area contributed by atoms with E-state index in [2.05, 4.69) is 14.8 Å². The number of benzene rings is 3. The van der Waals surface area contributed by atoms with E-state index in [1.54, 1.807) is 36.4 Å². The highest BCUT2D eigenvalue weighted by atomic mass is 35.5. The van der Waals surface area contributed by atoms with Crippen molar-refractivity contribution in [2.45, 2.75) is 0 Å². The standard InChI is InChI=1S/C24H18ClN3O4/c1-31-22(29)15-32-21-12-11-16(13-19(21)25)14-26-28-23(17-7-3-2-4-8-17)27-20-10-6-5-9-18(20)24(28)30/h2-14H,15H2,1H3. The average molecular weight is 448 g/mol. The zero-order chi connectivity index (χ0) is 22.5. The van der Waals surface area contributed by atoms with Gasteiger partial charge in [-0.15, -0.1) is 0 Å². The number of methoxy groups -OCH3 is 1. The van der Waals surface area contributed by atoms with Crippen molar-refractivity contribution in [2.24, 2.45) is 5.10 Å². The highest BCUT2D eigenvalue weighted by Crippen LogP contribution is 2.25. The molecule has 0 bridgehead atoms. The van der Waals surface area contributed by atoms with Gasteiger partial charge >= 0.3 is 5.97 Å². The molecule has 0 spiro atoms. The van der Waals surface area contributed by atoms with E-state index >= 15 is 0 Å². The third-order valence-electron chi connectivity index (χ3n) is 4.64. The van der Waals surface area contributed by atoms with Crippen LogP contribution in [0.1, 0.15) is 5.56 Å². The number of ether oxygens (including phenoxy) is 2. The minimum atomic E-state index is -0.511. The van der Waals surface area contributed by atoms with Crippen LogP contribution in [0.4, 0.5) is 0 Å². The molecule has 160 valence electrons. The summed E-state index contributed by atoms with van der Waals surface area (Å²) in [4.78, 5) is 29.1. The normalized spacial score (nSPS) is 11.1. The molecule has 0 N–H and O–H groups in total. The van der Waals surface area contributed by atoms with Crippen molar-refractivity contribution in [3.8, 4) is 17.1 Å². The van der Waals surface area contributed by atoms with E-state index in [1.165, 1.54) is 18.0 Å². The lowest BCUT2D eigenvalue weighted by atomic mass is 10.2. The number of fused-ring (bicyclic) bond motifs is 1. The summed E-state index contributed by atoms with van der Waals surface area (Å²) in [5.41, 5.74) is 1.71. The highest BCUT2D eigenvalue weighted by Gasteiger charge is 2.12. The van der Waals surface area contributed by atoms with Crippen molar-refractivity contribution in [2.75, 3.05) is 13.7 Å². The molecule has 1 heterocycles. The van der Waals surface area contributed by atoms with Crippen LogP contribution in [0.25, 0.3) is 22.3 Å². The van der Waals surface area contributed by atoms with Crippen molar-refractivity contribution in [1.29, 1.82) is 0 Å². The lowest BCUT2D eigenvalue weighted by Gasteiger charge is -2.10. The molecular weight excluding hydrogens is 430 g/mol. The molecule has 4 aromatic rings. The molecule has 0 radical (unpaired) electrons. The molecule has 1 aromatic heterocycles. The SMILES string of the molecule is COC(=O)COc1ccc(C=Nn2c(-c3ccccc3)nc3ccccc3c2=O)cc1Cl. The van der Waals surface area contributed by atoms with Crippen molar-refractivity contribution in [3.63, 3.8) is 0 Å². The number of aromatic nitrogens is 2. The van der Waals surface area contributed by atoms with Crippen LogP contribution in [0.5, 0.6) is 5.75 Å². The summed E-state index contributed by atoms with van der Waals surface area (Å²) in [6.45, 7) is -0.248. The monoisotopic (exact) mass is 447 g/mol. The number of rotatable bonds is 6. The van der Waals surface area contributed by atoms with Gasteiger partial charge in [0, 0.05) is 5.56 Å². The first-order valence-corrected chi connectivity index (χ1v) is 10.1. The van der Waals surface area contributed by atoms with E-state index in [0.717, 1.165) is 5.56 Å². The Hall–Kier alpha value is -3.97. The van der Waals surface area contributed by atoms with Crippen LogP contribution in [0.2, 0.25) is 5.02 Å². The Morgan fingerprint density at radius 3 is 2.59 bits per heavy atom. The average Bonchev–Trinajstić information content (AvgIpc) is 2.83. The van der Waals surface area contributed by atoms with Crippen LogP contribution in [-0.4, -0.2) is 35.6 Å². The quantitative estimate of drug-likeness (QED) is 0.327. The second-order valence-electron chi connectivity index (χ2n) is 6.73. The van der Waals surface area contributed by atoms with Gasteiger partial charge in [0.25, 0.3) is 5.56 Å². The van der Waals surface area contributed by atoms with Crippen molar-refractivity contribution in [1.82, 2.24) is 9.66 Å². The summed E-state index contributed by atoms with van der Waals surface area (Å²) >= 11 is 6.25. The van der Waals surface area contributed by atoms with Gasteiger partial charge in [-0.1, -0.05) is 54.1 Å². The Morgan fingerprint density at radius 2 is 1.84 bits per heavy atom. The maximum Gasteiger partial charge on any atom is 0.343 e. The molecule has 0 atom stereocenters. The second kappa shape index (κ2) is 9.45. The molecule has 8 heteroatoms. The van der Waals surface area contributed by atoms with E-state index in [1.807, 2.05) is 36.4 Å². The molecule has 0 fully saturated rings. The highest BCUT2D eigenvalue weighted by molar-refractivity contribution is 6.32. The van der Waals surface area contributed by atoms with Gasteiger partial charge in [0.2, 0.25) is 0 Å². The zero-order valence-electron chi connectivity index (χ0n) is 17.1. The fourth-order valence-electron chi connectivity index (χ4n) is 3.04. The summed E-state index contributed by atoms with van der Waals surface area (Å²) < 4.78 is 11.2. The molecule has 32 heavy (non-hydrogen) atoms. The third kappa shape index (κ3) is 4.53. The predicted molar refractivity (Wildman–Crippen MR) is 123 cm³/mol. The summed E-state index contributed by atoms with van der Waals surface area (Å²) in [5.74, 6) is 0.252. The van der Waals surface area contributed by atoms with E-state index in [4.69, 9.17) is 16.3 Å². The lowest BCUT2D eigenvalue weighted by Crippen LogP contribution is -2.20. The van der Waals surface area contributed by atoms with Gasteiger partial charge in [-0.25, -0.2) is 9.78 Å². The Balaban J connectivity index is 1.72. The summed E-state index contributed by atoms with van der Waals surface area (Å²) in [6.07, 6.45) is 1.51. The lowest BCUT2D eigenvalue weighted by molar-refractivity contribution is -0.142. The number of halogens is 1. The van der Waals surface area contributed by atoms with E-state index in [9.17, 15) is 9.59 Å². The van der Waals surface area contributed by atoms with Gasteiger partial charge < -0.3 is 9.47 Å². The first-order valence-electron chi connectivity index (χ1n) is 9.67. The van der Waals surface area contributed by atoms with Crippen LogP contribution in [0.15, 0.2) is 82.7 Å². The molecule has 3 aromatic carbocycles. The molecular formula is C24H18ClN3O4. The molecule has 0 amide bonds. The number of hydrogen-bond acceptors (Lipinski definition) is 6. The number of hydrogen-bond donors (Lipinski definition) is 0. The fraction of sp³-hybridized carbons (Fsp3) is 0.0833. The van der Waals surface area contributed by atoms with Gasteiger partial charge in [0.05, 0.1) is 29.2 Å². The molecule has 0 aliphatic heterocycles. The smallest absolute Gasteiger partial charge is 0.343 e. The van der Waals surface area contributed by atoms with Crippen LogP contribution in [0.3, 0.4) is 0 Å². The summed E-state index contributed by atoms with van der Waals surface area (Å²) in [6, 6.07) is 21.5. The van der Waals surface area contributed by atoms with Crippen molar-refractivity contribution in [3.05, 3.63) is 93.7 Å². The van der Waals surface area contributed by atoms with E-state index in [-0.39, 0.29) is 12.2 Å². The van der Waals surface area contributed by atoms with Crippen LogP contribution >= 0.6 is 11.6 Å². The first kappa shape index (κ1) is 21.3. The topological polar surface area (TPSA) is 82.8 Å². The van der Waals surface area contributed by atoms with Crippen LogP contribution < -0.4 is 10.3 Å². The fourth-order valence-corrected chi connectivity index (χ4v) is 3.28. The molecule has 0 saturated carbocycles. The summed E-state index contributed by atoms with van der Waals surface area (Å²) in [5, 5.41) is 5.17. The molecule has 0 aliphatic rings. The van der Waals surface area contributed by atoms with Gasteiger partial charge in [-0.3, -0.25) is 4.79 Å². The molecule has 4 rings (SSSR count). The molecule has 0 saturated heterocycles. The maximum atomic E-state index is 13.2.